The van der Waals surface area contributed by atoms with Gasteiger partial charge in [-0.25, -0.2) is 43.6 Å². The van der Waals surface area contributed by atoms with E-state index in [1.165, 1.54) is 86.2 Å². The molecule has 20 rings (SSSR count). The number of esters is 4. The van der Waals surface area contributed by atoms with E-state index in [9.17, 15) is 33.2 Å². The lowest BCUT2D eigenvalue weighted by Crippen LogP contribution is -2.07. The third kappa shape index (κ3) is 17.4. The van der Waals surface area contributed by atoms with Crippen LogP contribution in [0, 0.1) is 23.6 Å². The van der Waals surface area contributed by atoms with Crippen LogP contribution in [0.25, 0.3) is 28.0 Å². The monoisotopic (exact) mass is 1630 g/mol. The summed E-state index contributed by atoms with van der Waals surface area (Å²) in [7, 11) is 0. The van der Waals surface area contributed by atoms with E-state index in [4.69, 9.17) is 67.9 Å². The number of benzene rings is 1. The molecule has 6 saturated carbocycles. The van der Waals surface area contributed by atoms with Crippen LogP contribution in [0.3, 0.4) is 0 Å². The molecule has 13 heterocycles. The summed E-state index contributed by atoms with van der Waals surface area (Å²) in [6, 6.07) is 21.4. The first-order valence-electron chi connectivity index (χ1n) is 39.9. The molecule has 1 aromatic carbocycles. The lowest BCUT2D eigenvalue weighted by Gasteiger charge is -2.07. The van der Waals surface area contributed by atoms with Crippen LogP contribution in [0.2, 0.25) is 10.0 Å². The van der Waals surface area contributed by atoms with Crippen LogP contribution in [0.5, 0.6) is 0 Å². The molecule has 32 heteroatoms. The number of ketones is 1. The number of carbonyl (C=O) groups is 6. The fourth-order valence-corrected chi connectivity index (χ4v) is 15.7. The second kappa shape index (κ2) is 33.4. The normalized spacial score (nSPS) is 18.3. The van der Waals surface area contributed by atoms with Crippen LogP contribution >= 0.6 is 23.2 Å². The number of nitrogens with zero attached hydrogens (tertiary/aromatic N) is 17. The summed E-state index contributed by atoms with van der Waals surface area (Å²) in [6.07, 6.45) is 36.6. The minimum absolute atomic E-state index is 0.00676. The smallest absolute Gasteiger partial charge is 0.341 e. The summed E-state index contributed by atoms with van der Waals surface area (Å²) in [5.74, 6) is -0.716. The highest BCUT2D eigenvalue weighted by Gasteiger charge is 2.49. The maximum atomic E-state index is 14.5. The number of ether oxygens (including phenoxy) is 4. The number of aryl methyl sites for hydroxylation is 1. The first-order chi connectivity index (χ1) is 57.3. The average molecular weight is 1640 g/mol. The molecule has 0 amide bonds. The molecular formula is C86H85Cl2FN18O11. The molecule has 6 aliphatic rings. The average Bonchev–Trinajstić information content (AvgIpc) is 1.60. The van der Waals surface area contributed by atoms with Gasteiger partial charge in [0.05, 0.1) is 139 Å². The number of halogens is 3. The summed E-state index contributed by atoms with van der Waals surface area (Å²) in [4.78, 5) is 96.1. The Balaban J connectivity index is 0.000000119. The number of nitrogens with two attached hydrogens (primary N) is 1. The summed E-state index contributed by atoms with van der Waals surface area (Å²) < 4.78 is 50.1. The molecule has 29 nitrogen and oxygen atoms in total. The molecular weight excluding hydrogens is 1550 g/mol. The lowest BCUT2D eigenvalue weighted by molar-refractivity contribution is -0.145. The van der Waals surface area contributed by atoms with E-state index in [2.05, 4.69) is 71.7 Å². The number of aromatic carboxylic acids is 1. The van der Waals surface area contributed by atoms with Gasteiger partial charge in [-0.15, -0.1) is 5.10 Å². The Bertz CT molecular complexity index is 6160. The van der Waals surface area contributed by atoms with Crippen molar-refractivity contribution >= 4 is 86.8 Å². The summed E-state index contributed by atoms with van der Waals surface area (Å²) in [5.41, 5.74) is 21.9. The molecule has 6 unspecified atom stereocenters. The number of carbonyl (C=O) groups excluding carboxylic acids is 5. The molecule has 6 aliphatic carbocycles. The number of imidazole rings is 5. The Morgan fingerprint density at radius 3 is 1.50 bits per heavy atom. The van der Waals surface area contributed by atoms with Crippen LogP contribution in [0.1, 0.15) is 219 Å². The number of hydrogen-bond donors (Lipinski definition) is 2. The number of rotatable bonds is 27. The SMILES string of the molecule is CCOC(=O)C1CC1c1cc(C2CC2)cn2cc(Cn3cc(C(=O)CCc4ncn5ccc(Cl)c(F)c45)nn3)nc12.CCOC(=O)C1CC1c1cc(C2CC2)cn2cc(Cn3cc(C(=O)O)cn3)nc12.CCOC(=O)C1CC1c1cc(C2CC2)cn2cc(Cn3cc(C(=O)OCc4ccccc4)cn3)nc12.NCc1ncn2ccc(Cl)cc12. The quantitative estimate of drug-likeness (QED) is 0.0274. The fraction of sp³-hybridized carbons (Fsp3) is 0.360. The highest BCUT2D eigenvalue weighted by molar-refractivity contribution is 6.31. The van der Waals surface area contributed by atoms with Crippen molar-refractivity contribution in [3.63, 3.8) is 0 Å². The number of Topliss-reactive ketones (excluding diaryl/α,β-unsaturated/α-hetero) is 1. The molecule has 3 N–H and O–H groups in total. The van der Waals surface area contributed by atoms with Crippen molar-refractivity contribution < 1.29 is 57.2 Å². The van der Waals surface area contributed by atoms with Crippen LogP contribution in [0.4, 0.5) is 4.39 Å². The van der Waals surface area contributed by atoms with Crippen LogP contribution in [0.15, 0.2) is 160 Å². The number of aromatic nitrogens is 17. The van der Waals surface area contributed by atoms with Crippen molar-refractivity contribution in [2.45, 2.75) is 160 Å². The fourth-order valence-electron chi connectivity index (χ4n) is 15.4. The summed E-state index contributed by atoms with van der Waals surface area (Å²) >= 11 is 11.7. The first kappa shape index (κ1) is 78.3. The Hall–Kier alpha value is -12.3. The van der Waals surface area contributed by atoms with Crippen molar-refractivity contribution in [2.75, 3.05) is 19.8 Å². The van der Waals surface area contributed by atoms with Gasteiger partial charge in [0, 0.05) is 97.7 Å². The molecule has 118 heavy (non-hydrogen) atoms. The van der Waals surface area contributed by atoms with Gasteiger partial charge in [0.2, 0.25) is 0 Å². The Kier molecular flexibility index (Phi) is 22.1. The largest absolute Gasteiger partial charge is 0.478 e. The van der Waals surface area contributed by atoms with E-state index >= 15 is 0 Å². The van der Waals surface area contributed by atoms with Crippen molar-refractivity contribution in [3.8, 4) is 0 Å². The zero-order chi connectivity index (χ0) is 81.6. The molecule has 6 fully saturated rings. The summed E-state index contributed by atoms with van der Waals surface area (Å²) in [6.45, 7) is 8.48. The summed E-state index contributed by atoms with van der Waals surface area (Å²) in [5, 5.41) is 26.4. The Morgan fingerprint density at radius 2 is 1.02 bits per heavy atom. The van der Waals surface area contributed by atoms with Gasteiger partial charge in [0.25, 0.3) is 0 Å². The Labute approximate surface area is 684 Å². The predicted molar refractivity (Wildman–Crippen MR) is 429 cm³/mol. The zero-order valence-corrected chi connectivity index (χ0v) is 66.5. The Morgan fingerprint density at radius 1 is 0.542 bits per heavy atom. The van der Waals surface area contributed by atoms with Crippen molar-refractivity contribution in [2.24, 2.45) is 23.5 Å². The van der Waals surface area contributed by atoms with Gasteiger partial charge < -0.3 is 51.8 Å². The third-order valence-electron chi connectivity index (χ3n) is 22.2. The standard InChI is InChI=1S/C29H27ClFN7O3.C28H28N4O4.C21H22N4O4.C8H8ClN3/c1-2-41-29(40)21-10-19(21)20-9-17(16-3-4-16)11-37-12-18(33-28(20)37)13-38-14-24(34-35-38)25(39)6-5-23-27-26(31)22(30)7-8-36(27)15-32-23;1-2-35-28(34)25-11-23(25)24-10-20(19-8-9-19)13-31-15-22(30-26(24)31)16-32-14-21(12-29-32)27(33)36-17-18-6-4-3-5-7-18;1-2-29-21(28)18-6-16(18)17-5-13(12-3-4-12)8-24-10-15(23-19(17)24)11-25-9-14(7-22-25)20(26)27;9-6-1-2-12-5-11-7(4-10)8(12)3-6/h7-9,11-12,14-16,19,21H,2-6,10,13H2,1H3;3-7,10,12-15,19,23,25H,2,8-9,11,16-17H2,1H3;5,7-10,12,16,18H,2-4,6,11H2,1H3,(H,26,27);1-3,5H,4,10H2. The first-order valence-corrected chi connectivity index (χ1v) is 40.7. The number of hydrogen-bond acceptors (Lipinski definition) is 20. The van der Waals surface area contributed by atoms with Crippen molar-refractivity contribution in [3.05, 3.63) is 260 Å². The second-order valence-corrected chi connectivity index (χ2v) is 31.7. The van der Waals surface area contributed by atoms with Crippen molar-refractivity contribution in [1.29, 1.82) is 0 Å². The van der Waals surface area contributed by atoms with Gasteiger partial charge in [0.1, 0.15) is 34.8 Å². The molecule has 0 spiro atoms. The predicted octanol–water partition coefficient (Wildman–Crippen LogP) is 13.5. The molecule has 6 atom stereocenters. The minimum Gasteiger partial charge on any atom is -0.478 e. The highest BCUT2D eigenvalue weighted by atomic mass is 35.5. The zero-order valence-electron chi connectivity index (χ0n) is 65.0. The van der Waals surface area contributed by atoms with Gasteiger partial charge >= 0.3 is 29.8 Å². The van der Waals surface area contributed by atoms with Gasteiger partial charge in [0.15, 0.2) is 11.6 Å². The van der Waals surface area contributed by atoms with Gasteiger partial charge in [-0.05, 0) is 160 Å². The van der Waals surface area contributed by atoms with E-state index in [0.29, 0.717) is 80.0 Å². The van der Waals surface area contributed by atoms with Crippen LogP contribution < -0.4 is 5.73 Å². The van der Waals surface area contributed by atoms with Crippen molar-refractivity contribution in [1.82, 2.24) is 81.5 Å². The van der Waals surface area contributed by atoms with Gasteiger partial charge in [-0.2, -0.15) is 10.2 Å². The van der Waals surface area contributed by atoms with E-state index < -0.39 is 17.8 Å². The lowest BCUT2D eigenvalue weighted by atomic mass is 10.1. The van der Waals surface area contributed by atoms with Crippen LogP contribution in [-0.4, -0.2) is 142 Å². The second-order valence-electron chi connectivity index (χ2n) is 30.9. The van der Waals surface area contributed by atoms with E-state index in [0.717, 1.165) is 86.8 Å². The highest BCUT2D eigenvalue weighted by Crippen LogP contribution is 2.54. The van der Waals surface area contributed by atoms with E-state index in [1.54, 1.807) is 43.4 Å². The number of fused-ring (bicyclic) bond motifs is 5. The molecule has 606 valence electrons. The maximum Gasteiger partial charge on any atom is 0.341 e. The molecule has 13 aromatic heterocycles. The number of pyridine rings is 5. The minimum atomic E-state index is -0.999. The molecule has 14 aromatic rings. The number of carboxylic acids is 1. The molecule has 0 saturated heterocycles. The molecule has 0 aliphatic heterocycles. The molecule has 0 radical (unpaired) electrons. The van der Waals surface area contributed by atoms with Gasteiger partial charge in [-0.3, -0.25) is 28.5 Å². The number of carboxylic acid groups (broad SMARTS) is 1. The third-order valence-corrected chi connectivity index (χ3v) is 22.8. The van der Waals surface area contributed by atoms with E-state index in [1.807, 2.05) is 101 Å². The van der Waals surface area contributed by atoms with Crippen LogP contribution in [-0.2, 0) is 72.5 Å². The van der Waals surface area contributed by atoms with Gasteiger partial charge in [-0.1, -0.05) is 76.9 Å². The maximum absolute atomic E-state index is 14.5. The van der Waals surface area contributed by atoms with E-state index in [-0.39, 0.29) is 100 Å². The molecule has 0 bridgehead atoms. The topological polar surface area (TPSA) is 338 Å².